The van der Waals surface area contributed by atoms with Gasteiger partial charge in [-0.05, 0) is 11.1 Å². The first-order valence-corrected chi connectivity index (χ1v) is 9.74. The van der Waals surface area contributed by atoms with Gasteiger partial charge in [-0.15, -0.1) is 11.3 Å². The van der Waals surface area contributed by atoms with E-state index in [-0.39, 0.29) is 51.9 Å². The minimum atomic E-state index is -2.00. The zero-order valence-electron chi connectivity index (χ0n) is 17.8. The standard InChI is InChI=1S/C22H16O8S.Na.H/c23-19(24)15(20(25)26)17-13(11-7-3-1-4-8-11)14(12-9-5-2-6-10-12)18(31-17)16(21(27)28)22(29)30;;/h1-10,15-16H,(H,23,24)(H,25,26)(H,27,28)(H,29,30);;/q;+1;-1. The van der Waals surface area contributed by atoms with Crippen molar-refractivity contribution in [2.24, 2.45) is 0 Å². The molecule has 0 saturated heterocycles. The normalized spacial score (nSPS) is 10.6. The number of carboxylic acid groups (broad SMARTS) is 4. The summed E-state index contributed by atoms with van der Waals surface area (Å²) in [5.74, 6) is -10.6. The van der Waals surface area contributed by atoms with Crippen LogP contribution in [0, 0.1) is 0 Å². The first kappa shape index (κ1) is 25.3. The van der Waals surface area contributed by atoms with E-state index < -0.39 is 35.7 Å². The molecule has 4 N–H and O–H groups in total. The molecule has 0 spiro atoms. The van der Waals surface area contributed by atoms with E-state index in [1.807, 2.05) is 0 Å². The molecule has 10 heteroatoms. The van der Waals surface area contributed by atoms with Crippen LogP contribution in [0.1, 0.15) is 23.0 Å². The SMILES string of the molecule is O=C(O)C(C(=O)O)c1sc(C(C(=O)O)C(=O)O)c(-c2ccccc2)c1-c1ccccc1.[H-].[Na+]. The van der Waals surface area contributed by atoms with Crippen LogP contribution in [-0.2, 0) is 19.2 Å². The fraction of sp³-hybridized carbons (Fsp3) is 0.0909. The molecular weight excluding hydrogens is 447 g/mol. The third kappa shape index (κ3) is 4.91. The van der Waals surface area contributed by atoms with Crippen molar-refractivity contribution in [1.82, 2.24) is 0 Å². The Hall–Kier alpha value is -2.98. The van der Waals surface area contributed by atoms with Gasteiger partial charge in [-0.1, -0.05) is 60.7 Å². The van der Waals surface area contributed by atoms with Gasteiger partial charge in [0.1, 0.15) is 0 Å². The average molecular weight is 464 g/mol. The number of carboxylic acids is 4. The van der Waals surface area contributed by atoms with Crippen LogP contribution in [0.5, 0.6) is 0 Å². The number of carbonyl (C=O) groups is 4. The predicted molar refractivity (Wildman–Crippen MR) is 112 cm³/mol. The molecule has 0 aliphatic heterocycles. The van der Waals surface area contributed by atoms with E-state index in [0.29, 0.717) is 22.5 Å². The Morgan fingerprint density at radius 1 is 0.594 bits per heavy atom. The summed E-state index contributed by atoms with van der Waals surface area (Å²) in [5, 5.41) is 38.4. The Balaban J connectivity index is 0.00000272. The van der Waals surface area contributed by atoms with Crippen LogP contribution in [0.3, 0.4) is 0 Å². The summed E-state index contributed by atoms with van der Waals surface area (Å²) in [6.07, 6.45) is 0. The summed E-state index contributed by atoms with van der Waals surface area (Å²) in [6.45, 7) is 0. The fourth-order valence-electron chi connectivity index (χ4n) is 3.32. The number of benzene rings is 2. The molecular formula is C22H17NaO8S. The molecule has 2 aromatic carbocycles. The molecule has 0 aliphatic rings. The maximum Gasteiger partial charge on any atom is 1.00 e. The number of thiophene rings is 1. The van der Waals surface area contributed by atoms with Gasteiger partial charge in [0.15, 0.2) is 11.8 Å². The predicted octanol–water partition coefficient (Wildman–Crippen LogP) is 0.704. The maximum absolute atomic E-state index is 11.8. The second-order valence-corrected chi connectivity index (χ2v) is 7.62. The number of hydrogen-bond acceptors (Lipinski definition) is 5. The first-order chi connectivity index (χ1) is 14.7. The second kappa shape index (κ2) is 10.6. The fourth-order valence-corrected chi connectivity index (χ4v) is 4.84. The van der Waals surface area contributed by atoms with Crippen molar-refractivity contribution in [1.29, 1.82) is 0 Å². The van der Waals surface area contributed by atoms with Crippen molar-refractivity contribution in [2.75, 3.05) is 0 Å². The van der Waals surface area contributed by atoms with Crippen molar-refractivity contribution in [3.8, 4) is 22.3 Å². The number of hydrogen-bond donors (Lipinski definition) is 4. The Labute approximate surface area is 209 Å². The summed E-state index contributed by atoms with van der Waals surface area (Å²) in [6, 6.07) is 16.6. The van der Waals surface area contributed by atoms with Crippen molar-refractivity contribution < 1.29 is 70.6 Å². The molecule has 1 aromatic heterocycles. The second-order valence-electron chi connectivity index (χ2n) is 6.53. The van der Waals surface area contributed by atoms with Crippen LogP contribution in [0.15, 0.2) is 60.7 Å². The van der Waals surface area contributed by atoms with Gasteiger partial charge in [0.05, 0.1) is 0 Å². The molecule has 0 saturated carbocycles. The van der Waals surface area contributed by atoms with Crippen molar-refractivity contribution in [3.05, 3.63) is 70.4 Å². The largest absolute Gasteiger partial charge is 1.00 e. The van der Waals surface area contributed by atoms with E-state index in [9.17, 15) is 39.6 Å². The van der Waals surface area contributed by atoms with Crippen molar-refractivity contribution in [3.63, 3.8) is 0 Å². The summed E-state index contributed by atoms with van der Waals surface area (Å²) in [4.78, 5) is 47.0. The molecule has 0 amide bonds. The minimum Gasteiger partial charge on any atom is -1.00 e. The molecule has 3 rings (SSSR count). The Kier molecular flexibility index (Phi) is 8.34. The molecule has 0 bridgehead atoms. The van der Waals surface area contributed by atoms with E-state index in [2.05, 4.69) is 0 Å². The van der Waals surface area contributed by atoms with E-state index >= 15 is 0 Å². The van der Waals surface area contributed by atoms with Crippen LogP contribution in [0.4, 0.5) is 0 Å². The average Bonchev–Trinajstić information content (AvgIpc) is 3.07. The smallest absolute Gasteiger partial charge is 1.00 e. The molecule has 3 aromatic rings. The third-order valence-corrected chi connectivity index (χ3v) is 5.92. The molecule has 160 valence electrons. The summed E-state index contributed by atoms with van der Waals surface area (Å²) >= 11 is 0.582. The van der Waals surface area contributed by atoms with Crippen molar-refractivity contribution >= 4 is 35.2 Å². The van der Waals surface area contributed by atoms with Gasteiger partial charge in [-0.3, -0.25) is 19.2 Å². The molecule has 0 fully saturated rings. The van der Waals surface area contributed by atoms with Gasteiger partial charge in [-0.2, -0.15) is 0 Å². The summed E-state index contributed by atoms with van der Waals surface area (Å²) < 4.78 is 0. The molecule has 0 aliphatic carbocycles. The number of aliphatic carboxylic acids is 4. The quantitative estimate of drug-likeness (QED) is 0.281. The van der Waals surface area contributed by atoms with Gasteiger partial charge in [0.25, 0.3) is 0 Å². The Bertz CT molecular complexity index is 1050. The van der Waals surface area contributed by atoms with Crippen molar-refractivity contribution in [2.45, 2.75) is 11.8 Å². The molecule has 8 nitrogen and oxygen atoms in total. The van der Waals surface area contributed by atoms with E-state index in [1.54, 1.807) is 60.7 Å². The topological polar surface area (TPSA) is 149 Å². The van der Waals surface area contributed by atoms with Gasteiger partial charge >= 0.3 is 53.4 Å². The van der Waals surface area contributed by atoms with E-state index in [0.717, 1.165) is 0 Å². The van der Waals surface area contributed by atoms with Crippen LogP contribution in [0.2, 0.25) is 0 Å². The van der Waals surface area contributed by atoms with Gasteiger partial charge in [0, 0.05) is 20.9 Å². The summed E-state index contributed by atoms with van der Waals surface area (Å²) in [7, 11) is 0. The Morgan fingerprint density at radius 2 is 0.875 bits per heavy atom. The molecule has 0 radical (unpaired) electrons. The monoisotopic (exact) mass is 464 g/mol. The van der Waals surface area contributed by atoms with Crippen LogP contribution >= 0.6 is 11.3 Å². The molecule has 1 heterocycles. The van der Waals surface area contributed by atoms with E-state index in [1.165, 1.54) is 0 Å². The molecule has 32 heavy (non-hydrogen) atoms. The number of rotatable bonds is 8. The van der Waals surface area contributed by atoms with Gasteiger partial charge in [-0.25, -0.2) is 0 Å². The third-order valence-electron chi connectivity index (χ3n) is 4.60. The maximum atomic E-state index is 11.8. The minimum absolute atomic E-state index is 0. The molecule has 0 atom stereocenters. The van der Waals surface area contributed by atoms with Gasteiger partial charge < -0.3 is 21.9 Å². The Morgan fingerprint density at radius 3 is 1.12 bits per heavy atom. The van der Waals surface area contributed by atoms with Gasteiger partial charge in [0.2, 0.25) is 0 Å². The van der Waals surface area contributed by atoms with Crippen LogP contribution in [-0.4, -0.2) is 44.3 Å². The molecule has 0 unspecified atom stereocenters. The first-order valence-electron chi connectivity index (χ1n) is 8.92. The zero-order valence-corrected chi connectivity index (χ0v) is 19.6. The van der Waals surface area contributed by atoms with Crippen LogP contribution in [0.25, 0.3) is 22.3 Å². The van der Waals surface area contributed by atoms with E-state index in [4.69, 9.17) is 0 Å². The zero-order chi connectivity index (χ0) is 22.7. The van der Waals surface area contributed by atoms with Crippen LogP contribution < -0.4 is 29.6 Å². The summed E-state index contributed by atoms with van der Waals surface area (Å²) in [5.41, 5.74) is 1.27.